The maximum Gasteiger partial charge on any atom is 0.321 e. The van der Waals surface area contributed by atoms with Crippen molar-refractivity contribution in [3.63, 3.8) is 0 Å². The fourth-order valence-corrected chi connectivity index (χ4v) is 2.98. The van der Waals surface area contributed by atoms with Crippen LogP contribution in [0.4, 0.5) is 8.78 Å². The van der Waals surface area contributed by atoms with Crippen molar-refractivity contribution in [1.29, 1.82) is 0 Å². The van der Waals surface area contributed by atoms with Gasteiger partial charge in [0.15, 0.2) is 0 Å². The zero-order valence-electron chi connectivity index (χ0n) is 11.1. The molecule has 8 heteroatoms. The van der Waals surface area contributed by atoms with E-state index in [1.54, 1.807) is 6.92 Å². The first-order valence-electron chi connectivity index (χ1n) is 5.93. The van der Waals surface area contributed by atoms with E-state index < -0.39 is 39.1 Å². The number of benzene rings is 1. The van der Waals surface area contributed by atoms with Gasteiger partial charge in [-0.25, -0.2) is 17.2 Å². The third-order valence-electron chi connectivity index (χ3n) is 2.48. The minimum absolute atomic E-state index is 0.0437. The maximum atomic E-state index is 13.6. The topological polar surface area (TPSA) is 63.7 Å². The number of halogens is 2. The molecule has 112 valence electrons. The van der Waals surface area contributed by atoms with E-state index in [0.29, 0.717) is 6.07 Å². The molecule has 1 aromatic rings. The highest BCUT2D eigenvalue weighted by Crippen LogP contribution is 2.20. The van der Waals surface area contributed by atoms with Gasteiger partial charge in [-0.15, -0.1) is 0 Å². The Morgan fingerprint density at radius 3 is 2.45 bits per heavy atom. The molecule has 0 unspecified atom stereocenters. The van der Waals surface area contributed by atoms with Crippen LogP contribution in [0.1, 0.15) is 13.8 Å². The van der Waals surface area contributed by atoms with Gasteiger partial charge in [-0.05, 0) is 19.1 Å². The van der Waals surface area contributed by atoms with E-state index in [1.807, 2.05) is 0 Å². The Bertz CT molecular complexity index is 589. The van der Waals surface area contributed by atoms with Crippen LogP contribution in [-0.2, 0) is 19.6 Å². The van der Waals surface area contributed by atoms with Gasteiger partial charge in [0.05, 0.1) is 6.61 Å². The lowest BCUT2D eigenvalue weighted by Gasteiger charge is -2.19. The Morgan fingerprint density at radius 2 is 1.95 bits per heavy atom. The van der Waals surface area contributed by atoms with Crippen LogP contribution in [0.2, 0.25) is 0 Å². The number of nitrogens with zero attached hydrogens (tertiary/aromatic N) is 1. The van der Waals surface area contributed by atoms with E-state index in [0.717, 1.165) is 16.4 Å². The lowest BCUT2D eigenvalue weighted by molar-refractivity contribution is -0.143. The highest BCUT2D eigenvalue weighted by atomic mass is 32.2. The van der Waals surface area contributed by atoms with E-state index in [1.165, 1.54) is 6.92 Å². The normalized spacial score (nSPS) is 11.7. The molecule has 0 atom stereocenters. The molecule has 1 aromatic carbocycles. The predicted octanol–water partition coefficient (Wildman–Crippen LogP) is 1.54. The van der Waals surface area contributed by atoms with Gasteiger partial charge >= 0.3 is 5.97 Å². The summed E-state index contributed by atoms with van der Waals surface area (Å²) in [5, 5.41) is 0. The Balaban J connectivity index is 3.09. The molecule has 0 aliphatic heterocycles. The molecule has 0 bridgehead atoms. The van der Waals surface area contributed by atoms with Crippen molar-refractivity contribution >= 4 is 16.0 Å². The summed E-state index contributed by atoms with van der Waals surface area (Å²) in [6.07, 6.45) is 0. The Labute approximate surface area is 116 Å². The zero-order chi connectivity index (χ0) is 15.3. The van der Waals surface area contributed by atoms with Crippen LogP contribution in [0.25, 0.3) is 0 Å². The summed E-state index contributed by atoms with van der Waals surface area (Å²) < 4.78 is 56.2. The number of carbonyl (C=O) groups is 1. The first kappa shape index (κ1) is 16.5. The number of likely N-dealkylation sites (N-methyl/N-ethyl adjacent to an activating group) is 1. The van der Waals surface area contributed by atoms with Crippen molar-refractivity contribution in [2.24, 2.45) is 0 Å². The largest absolute Gasteiger partial charge is 0.465 e. The smallest absolute Gasteiger partial charge is 0.321 e. The summed E-state index contributed by atoms with van der Waals surface area (Å²) in [7, 11) is -4.22. The van der Waals surface area contributed by atoms with Crippen LogP contribution in [0.15, 0.2) is 23.1 Å². The van der Waals surface area contributed by atoms with E-state index in [9.17, 15) is 22.0 Å². The van der Waals surface area contributed by atoms with E-state index in [2.05, 4.69) is 4.74 Å². The van der Waals surface area contributed by atoms with E-state index in [4.69, 9.17) is 0 Å². The van der Waals surface area contributed by atoms with Gasteiger partial charge < -0.3 is 4.74 Å². The SMILES string of the molecule is CCOC(=O)CN(CC)S(=O)(=O)c1ccc(F)cc1F. The first-order chi connectivity index (χ1) is 9.32. The molecule has 0 N–H and O–H groups in total. The summed E-state index contributed by atoms with van der Waals surface area (Å²) in [6.45, 7) is 2.63. The number of hydrogen-bond donors (Lipinski definition) is 0. The Morgan fingerprint density at radius 1 is 1.30 bits per heavy atom. The molecule has 0 spiro atoms. The number of rotatable bonds is 6. The average molecular weight is 307 g/mol. The molecule has 0 aromatic heterocycles. The molecule has 0 saturated heterocycles. The van der Waals surface area contributed by atoms with E-state index in [-0.39, 0.29) is 13.2 Å². The molecule has 0 heterocycles. The molecule has 0 saturated carbocycles. The van der Waals surface area contributed by atoms with Gasteiger partial charge in [0.25, 0.3) is 0 Å². The zero-order valence-corrected chi connectivity index (χ0v) is 11.9. The second-order valence-electron chi connectivity index (χ2n) is 3.81. The van der Waals surface area contributed by atoms with Crippen LogP contribution < -0.4 is 0 Å². The second-order valence-corrected chi connectivity index (χ2v) is 5.72. The third kappa shape index (κ3) is 3.73. The van der Waals surface area contributed by atoms with Crippen molar-refractivity contribution in [3.8, 4) is 0 Å². The van der Waals surface area contributed by atoms with Crippen molar-refractivity contribution in [1.82, 2.24) is 4.31 Å². The number of sulfonamides is 1. The molecular weight excluding hydrogens is 292 g/mol. The van der Waals surface area contributed by atoms with Crippen LogP contribution >= 0.6 is 0 Å². The fourth-order valence-electron chi connectivity index (χ4n) is 1.54. The monoisotopic (exact) mass is 307 g/mol. The molecule has 0 aliphatic carbocycles. The summed E-state index contributed by atoms with van der Waals surface area (Å²) in [5.41, 5.74) is 0. The summed E-state index contributed by atoms with van der Waals surface area (Å²) in [5.74, 6) is -2.82. The van der Waals surface area contributed by atoms with Gasteiger partial charge in [0, 0.05) is 12.6 Å². The summed E-state index contributed by atoms with van der Waals surface area (Å²) >= 11 is 0. The summed E-state index contributed by atoms with van der Waals surface area (Å²) in [6, 6.07) is 2.15. The molecule has 0 amide bonds. The van der Waals surface area contributed by atoms with Crippen molar-refractivity contribution in [2.75, 3.05) is 19.7 Å². The van der Waals surface area contributed by atoms with Gasteiger partial charge in [0.2, 0.25) is 10.0 Å². The minimum Gasteiger partial charge on any atom is -0.465 e. The highest BCUT2D eigenvalue weighted by molar-refractivity contribution is 7.89. The van der Waals surface area contributed by atoms with Gasteiger partial charge in [0.1, 0.15) is 23.1 Å². The highest BCUT2D eigenvalue weighted by Gasteiger charge is 2.28. The molecule has 0 aliphatic rings. The van der Waals surface area contributed by atoms with Gasteiger partial charge in [-0.3, -0.25) is 4.79 Å². The molecule has 5 nitrogen and oxygen atoms in total. The summed E-state index contributed by atoms with van der Waals surface area (Å²) in [4.78, 5) is 10.7. The van der Waals surface area contributed by atoms with Crippen molar-refractivity contribution in [3.05, 3.63) is 29.8 Å². The number of carbonyl (C=O) groups excluding carboxylic acids is 1. The molecule has 1 rings (SSSR count). The van der Waals surface area contributed by atoms with E-state index >= 15 is 0 Å². The molecule has 20 heavy (non-hydrogen) atoms. The third-order valence-corrected chi connectivity index (χ3v) is 4.43. The number of ether oxygens (including phenoxy) is 1. The average Bonchev–Trinajstić information content (AvgIpc) is 2.35. The Kier molecular flexibility index (Phi) is 5.58. The van der Waals surface area contributed by atoms with Crippen molar-refractivity contribution < 1.29 is 26.7 Å². The van der Waals surface area contributed by atoms with Gasteiger partial charge in [-0.2, -0.15) is 4.31 Å². The van der Waals surface area contributed by atoms with Crippen LogP contribution in [0, 0.1) is 11.6 Å². The number of esters is 1. The second kappa shape index (κ2) is 6.76. The number of hydrogen-bond acceptors (Lipinski definition) is 4. The fraction of sp³-hybridized carbons (Fsp3) is 0.417. The predicted molar refractivity (Wildman–Crippen MR) is 67.4 cm³/mol. The molecular formula is C12H15F2NO4S. The minimum atomic E-state index is -4.22. The van der Waals surface area contributed by atoms with Crippen LogP contribution in [0.5, 0.6) is 0 Å². The molecule has 0 fully saturated rings. The maximum absolute atomic E-state index is 13.6. The standard InChI is InChI=1S/C12H15F2NO4S/c1-3-15(8-12(16)19-4-2)20(17,18)11-6-5-9(13)7-10(11)14/h5-7H,3-4,8H2,1-2H3. The Hall–Kier alpha value is -1.54. The first-order valence-corrected chi connectivity index (χ1v) is 7.37. The van der Waals surface area contributed by atoms with Crippen LogP contribution in [0.3, 0.4) is 0 Å². The van der Waals surface area contributed by atoms with Gasteiger partial charge in [-0.1, -0.05) is 6.92 Å². The molecule has 0 radical (unpaired) electrons. The van der Waals surface area contributed by atoms with Crippen molar-refractivity contribution in [2.45, 2.75) is 18.7 Å². The van der Waals surface area contributed by atoms with Crippen LogP contribution in [-0.4, -0.2) is 38.4 Å². The lowest BCUT2D eigenvalue weighted by atomic mass is 10.3. The lowest BCUT2D eigenvalue weighted by Crippen LogP contribution is -2.36. The quantitative estimate of drug-likeness (QED) is 0.748.